The van der Waals surface area contributed by atoms with E-state index in [1.807, 2.05) is 20.1 Å². The molecule has 4 N–H and O–H groups in total. The molecule has 0 aliphatic rings. The predicted octanol–water partition coefficient (Wildman–Crippen LogP) is 3.69. The second kappa shape index (κ2) is 17.8. The zero-order valence-electron chi connectivity index (χ0n) is 25.1. The Balaban J connectivity index is 2.33. The minimum Gasteiger partial charge on any atom is -0.390 e. The standard InChI is InChI=1S/C31H44F2N4O4S/c1-6-9-37(10-7-2)31(41)23-13-20(3)12-22(17-23)29(39)36-27(16-21-14-24(32)18-25(33)15-21)28(38)19-35-26(8-11-42-5)30(40)34-4/h12-15,17-18,26-28,35,38H,6-11,16,19H2,1-5H3,(H,34,40)(H,36,39). The van der Waals surface area contributed by atoms with E-state index in [1.165, 1.54) is 13.1 Å². The van der Waals surface area contributed by atoms with Crippen LogP contribution in [0.3, 0.4) is 0 Å². The van der Waals surface area contributed by atoms with E-state index in [2.05, 4.69) is 16.0 Å². The molecule has 0 saturated carbocycles. The molecule has 0 bridgehead atoms. The number of amides is 3. The predicted molar refractivity (Wildman–Crippen MR) is 164 cm³/mol. The molecule has 0 spiro atoms. The lowest BCUT2D eigenvalue weighted by molar-refractivity contribution is -0.122. The molecular formula is C31H44F2N4O4S. The third kappa shape index (κ3) is 11.0. The number of nitrogens with zero attached hydrogens (tertiary/aromatic N) is 1. The summed E-state index contributed by atoms with van der Waals surface area (Å²) in [5.41, 5.74) is 1.57. The van der Waals surface area contributed by atoms with Crippen molar-refractivity contribution in [3.8, 4) is 0 Å². The monoisotopic (exact) mass is 606 g/mol. The number of aliphatic hydroxyl groups is 1. The number of rotatable bonds is 17. The Morgan fingerprint density at radius 2 is 1.60 bits per heavy atom. The van der Waals surface area contributed by atoms with E-state index in [0.717, 1.165) is 31.0 Å². The van der Waals surface area contributed by atoms with Gasteiger partial charge in [-0.2, -0.15) is 11.8 Å². The maximum Gasteiger partial charge on any atom is 0.253 e. The molecule has 2 aromatic carbocycles. The molecule has 2 rings (SSSR count). The molecule has 0 aromatic heterocycles. The van der Waals surface area contributed by atoms with Gasteiger partial charge in [-0.3, -0.25) is 14.4 Å². The smallest absolute Gasteiger partial charge is 0.253 e. The van der Waals surface area contributed by atoms with Crippen LogP contribution in [0.4, 0.5) is 8.78 Å². The van der Waals surface area contributed by atoms with Crippen molar-refractivity contribution in [3.63, 3.8) is 0 Å². The van der Waals surface area contributed by atoms with Crippen LogP contribution in [0.1, 0.15) is 65.0 Å². The molecular weight excluding hydrogens is 562 g/mol. The maximum atomic E-state index is 14.0. The second-order valence-electron chi connectivity index (χ2n) is 10.4. The summed E-state index contributed by atoms with van der Waals surface area (Å²) in [6, 6.07) is 6.41. The average molecular weight is 607 g/mol. The lowest BCUT2D eigenvalue weighted by atomic mass is 9.99. The van der Waals surface area contributed by atoms with Crippen LogP contribution in [0.5, 0.6) is 0 Å². The van der Waals surface area contributed by atoms with E-state index in [-0.39, 0.29) is 35.9 Å². The van der Waals surface area contributed by atoms with Gasteiger partial charge >= 0.3 is 0 Å². The highest BCUT2D eigenvalue weighted by Crippen LogP contribution is 2.16. The highest BCUT2D eigenvalue weighted by atomic mass is 32.2. The van der Waals surface area contributed by atoms with Gasteiger partial charge < -0.3 is 26.0 Å². The number of benzene rings is 2. The number of likely N-dealkylation sites (N-methyl/N-ethyl adjacent to an activating group) is 1. The van der Waals surface area contributed by atoms with Crippen molar-refractivity contribution in [2.45, 2.75) is 64.6 Å². The van der Waals surface area contributed by atoms with Gasteiger partial charge in [-0.25, -0.2) is 8.78 Å². The van der Waals surface area contributed by atoms with Crippen LogP contribution in [-0.2, 0) is 11.2 Å². The molecule has 8 nitrogen and oxygen atoms in total. The summed E-state index contributed by atoms with van der Waals surface area (Å²) in [7, 11) is 1.53. The SMILES string of the molecule is CCCN(CCC)C(=O)c1cc(C)cc(C(=O)NC(Cc2cc(F)cc(F)c2)C(O)CNC(CCSC)C(=O)NC)c1. The summed E-state index contributed by atoms with van der Waals surface area (Å²) in [5, 5.41) is 19.6. The maximum absolute atomic E-state index is 14.0. The Morgan fingerprint density at radius 1 is 0.976 bits per heavy atom. The largest absolute Gasteiger partial charge is 0.390 e. The van der Waals surface area contributed by atoms with Crippen LogP contribution in [0.2, 0.25) is 0 Å². The summed E-state index contributed by atoms with van der Waals surface area (Å²) in [4.78, 5) is 40.8. The third-order valence-electron chi connectivity index (χ3n) is 6.77. The normalized spacial score (nSPS) is 13.2. The molecule has 3 atom stereocenters. The molecule has 42 heavy (non-hydrogen) atoms. The minimum atomic E-state index is -1.21. The molecule has 0 radical (unpaired) electrons. The first-order chi connectivity index (χ1) is 20.0. The highest BCUT2D eigenvalue weighted by molar-refractivity contribution is 7.98. The molecule has 0 aliphatic heterocycles. The number of hydrogen-bond donors (Lipinski definition) is 4. The van der Waals surface area contributed by atoms with Crippen molar-refractivity contribution < 1.29 is 28.3 Å². The van der Waals surface area contributed by atoms with Gasteiger partial charge in [-0.15, -0.1) is 0 Å². The molecule has 3 amide bonds. The van der Waals surface area contributed by atoms with Crippen LogP contribution in [0.25, 0.3) is 0 Å². The van der Waals surface area contributed by atoms with E-state index in [0.29, 0.717) is 36.4 Å². The zero-order valence-corrected chi connectivity index (χ0v) is 26.0. The summed E-state index contributed by atoms with van der Waals surface area (Å²) in [6.45, 7) is 6.92. The van der Waals surface area contributed by atoms with Gasteiger partial charge in [-0.05, 0) is 86.1 Å². The van der Waals surface area contributed by atoms with Gasteiger partial charge in [0, 0.05) is 43.9 Å². The van der Waals surface area contributed by atoms with Crippen LogP contribution < -0.4 is 16.0 Å². The summed E-state index contributed by atoms with van der Waals surface area (Å²) in [5.74, 6) is -1.78. The van der Waals surface area contributed by atoms with Crippen molar-refractivity contribution in [3.05, 3.63) is 70.3 Å². The van der Waals surface area contributed by atoms with Crippen LogP contribution in [-0.4, -0.2) is 84.6 Å². The molecule has 0 saturated heterocycles. The molecule has 3 unspecified atom stereocenters. The molecule has 2 aromatic rings. The van der Waals surface area contributed by atoms with E-state index in [4.69, 9.17) is 0 Å². The highest BCUT2D eigenvalue weighted by Gasteiger charge is 2.26. The van der Waals surface area contributed by atoms with Gasteiger partial charge in [-0.1, -0.05) is 13.8 Å². The van der Waals surface area contributed by atoms with Crippen molar-refractivity contribution >= 4 is 29.5 Å². The fourth-order valence-corrected chi connectivity index (χ4v) is 5.21. The van der Waals surface area contributed by atoms with Gasteiger partial charge in [0.1, 0.15) is 11.6 Å². The zero-order chi connectivity index (χ0) is 31.2. The molecule has 11 heteroatoms. The molecule has 0 fully saturated rings. The topological polar surface area (TPSA) is 111 Å². The molecule has 0 heterocycles. The fraction of sp³-hybridized carbons (Fsp3) is 0.516. The Hall–Kier alpha value is -3.02. The van der Waals surface area contributed by atoms with Crippen LogP contribution >= 0.6 is 11.8 Å². The number of nitrogens with one attached hydrogen (secondary N) is 3. The van der Waals surface area contributed by atoms with E-state index < -0.39 is 35.7 Å². The summed E-state index contributed by atoms with van der Waals surface area (Å²) in [6.07, 6.45) is 2.77. The molecule has 0 aliphatic carbocycles. The summed E-state index contributed by atoms with van der Waals surface area (Å²) >= 11 is 1.58. The van der Waals surface area contributed by atoms with Gasteiger partial charge in [0.2, 0.25) is 5.91 Å². The van der Waals surface area contributed by atoms with Crippen LogP contribution in [0.15, 0.2) is 36.4 Å². The fourth-order valence-electron chi connectivity index (χ4n) is 4.73. The number of aryl methyl sites for hydroxylation is 1. The van der Waals surface area contributed by atoms with Crippen molar-refractivity contribution in [1.29, 1.82) is 0 Å². The number of carbonyl (C=O) groups is 3. The quantitative estimate of drug-likeness (QED) is 0.219. The van der Waals surface area contributed by atoms with Crippen molar-refractivity contribution in [1.82, 2.24) is 20.9 Å². The first-order valence-electron chi connectivity index (χ1n) is 14.3. The number of thioether (sulfide) groups is 1. The van der Waals surface area contributed by atoms with Crippen molar-refractivity contribution in [2.75, 3.05) is 38.7 Å². The molecule has 232 valence electrons. The number of aliphatic hydroxyl groups excluding tert-OH is 1. The van der Waals surface area contributed by atoms with E-state index >= 15 is 0 Å². The van der Waals surface area contributed by atoms with Crippen LogP contribution in [0, 0.1) is 18.6 Å². The Morgan fingerprint density at radius 3 is 2.17 bits per heavy atom. The third-order valence-corrected chi connectivity index (χ3v) is 7.41. The second-order valence-corrected chi connectivity index (χ2v) is 11.4. The lowest BCUT2D eigenvalue weighted by Gasteiger charge is -2.27. The van der Waals surface area contributed by atoms with Gasteiger partial charge in [0.25, 0.3) is 11.8 Å². The van der Waals surface area contributed by atoms with Gasteiger partial charge in [0.15, 0.2) is 0 Å². The van der Waals surface area contributed by atoms with Crippen molar-refractivity contribution in [2.24, 2.45) is 0 Å². The number of hydrogen-bond acceptors (Lipinski definition) is 6. The Labute approximate surface area is 252 Å². The number of halogens is 2. The van der Waals surface area contributed by atoms with E-state index in [1.54, 1.807) is 35.7 Å². The first kappa shape index (κ1) is 35.2. The van der Waals surface area contributed by atoms with E-state index in [9.17, 15) is 28.3 Å². The van der Waals surface area contributed by atoms with Gasteiger partial charge in [0.05, 0.1) is 18.2 Å². The Bertz CT molecular complexity index is 1170. The average Bonchev–Trinajstić information content (AvgIpc) is 2.94. The lowest BCUT2D eigenvalue weighted by Crippen LogP contribution is -2.52. The Kier molecular flexibility index (Phi) is 14.9. The first-order valence-corrected chi connectivity index (χ1v) is 15.7. The number of carbonyl (C=O) groups excluding carboxylic acids is 3. The minimum absolute atomic E-state index is 0.0598. The summed E-state index contributed by atoms with van der Waals surface area (Å²) < 4.78 is 27.9.